The maximum Gasteiger partial charge on any atom is 0.255 e. The summed E-state index contributed by atoms with van der Waals surface area (Å²) in [5.41, 5.74) is 0. The van der Waals surface area contributed by atoms with Gasteiger partial charge in [0.05, 0.1) is 6.61 Å². The van der Waals surface area contributed by atoms with Crippen molar-refractivity contribution < 1.29 is 29.5 Å². The molecule has 1 rings (SSSR count). The smallest absolute Gasteiger partial charge is 0.255 e. The van der Waals surface area contributed by atoms with Crippen molar-refractivity contribution in [3.05, 3.63) is 0 Å². The first-order chi connectivity index (χ1) is 7.03. The van der Waals surface area contributed by atoms with Crippen LogP contribution in [0.3, 0.4) is 0 Å². The molecule has 1 aliphatic rings. The summed E-state index contributed by atoms with van der Waals surface area (Å²) >= 11 is 0. The van der Waals surface area contributed by atoms with Gasteiger partial charge in [0.25, 0.3) is 6.23 Å². The van der Waals surface area contributed by atoms with E-state index in [1.165, 1.54) is 7.11 Å². The third-order valence-corrected chi connectivity index (χ3v) is 2.59. The number of ether oxygens (including phenoxy) is 2. The Balaban J connectivity index is 2.36. The molecule has 1 aliphatic heterocycles. The maximum atomic E-state index is 9.95. The van der Waals surface area contributed by atoms with Gasteiger partial charge in [-0.25, -0.2) is 5.21 Å². The minimum atomic E-state index is -0.750. The molecule has 4 atom stereocenters. The van der Waals surface area contributed by atoms with Crippen LogP contribution in [-0.2, 0) is 9.47 Å². The number of rotatable bonds is 6. The third kappa shape index (κ3) is 2.87. The monoisotopic (exact) mass is 222 g/mol. The zero-order valence-electron chi connectivity index (χ0n) is 9.17. The predicted octanol–water partition coefficient (Wildman–Crippen LogP) is -1.06. The number of methoxy groups -OCH3 is 1. The predicted molar refractivity (Wildman–Crippen MR) is 51.1 cm³/mol. The van der Waals surface area contributed by atoms with E-state index in [1.807, 2.05) is 6.92 Å². The Morgan fingerprint density at radius 1 is 1.53 bits per heavy atom. The normalized spacial score (nSPS) is 37.4. The number of aliphatic hydroxyl groups excluding tert-OH is 2. The highest BCUT2D eigenvalue weighted by molar-refractivity contribution is 4.71. The fourth-order valence-corrected chi connectivity index (χ4v) is 1.90. The minimum absolute atomic E-state index is 0.107. The van der Waals surface area contributed by atoms with Gasteiger partial charge in [-0.05, 0) is 6.92 Å². The Bertz CT molecular complexity index is 203. The van der Waals surface area contributed by atoms with E-state index in [9.17, 15) is 15.4 Å². The molecule has 0 saturated carbocycles. The quantitative estimate of drug-likeness (QED) is 0.499. The molecule has 15 heavy (non-hydrogen) atoms. The van der Waals surface area contributed by atoms with Crippen LogP contribution in [0.25, 0.3) is 0 Å². The van der Waals surface area contributed by atoms with Crippen molar-refractivity contribution >= 4 is 0 Å². The maximum absolute atomic E-state index is 9.95. The van der Waals surface area contributed by atoms with E-state index in [4.69, 9.17) is 9.47 Å². The van der Waals surface area contributed by atoms with E-state index in [0.29, 0.717) is 6.61 Å². The molecule has 0 aromatic carbocycles. The van der Waals surface area contributed by atoms with Crippen LogP contribution in [0.15, 0.2) is 0 Å². The molecule has 1 fully saturated rings. The van der Waals surface area contributed by atoms with Crippen molar-refractivity contribution in [3.8, 4) is 0 Å². The number of aliphatic hydroxyl groups is 2. The zero-order valence-corrected chi connectivity index (χ0v) is 9.17. The number of hydrogen-bond donors (Lipinski definition) is 3. The second-order valence-corrected chi connectivity index (χ2v) is 3.86. The van der Waals surface area contributed by atoms with Gasteiger partial charge in [0.15, 0.2) is 6.10 Å². The van der Waals surface area contributed by atoms with E-state index in [2.05, 4.69) is 0 Å². The van der Waals surface area contributed by atoms with Crippen LogP contribution in [0.2, 0.25) is 0 Å². The molecule has 0 aliphatic carbocycles. The first-order valence-electron chi connectivity index (χ1n) is 5.09. The van der Waals surface area contributed by atoms with Gasteiger partial charge >= 0.3 is 0 Å². The Labute approximate surface area is 89.2 Å². The van der Waals surface area contributed by atoms with Crippen LogP contribution in [0.1, 0.15) is 6.92 Å². The molecular weight excluding hydrogens is 202 g/mol. The Hall–Kier alpha value is -0.240. The lowest BCUT2D eigenvalue weighted by Crippen LogP contribution is -2.74. The Kier molecular flexibility index (Phi) is 4.45. The number of hydroxylamine groups is 3. The van der Waals surface area contributed by atoms with Gasteiger partial charge in [-0.15, -0.1) is 4.65 Å². The van der Waals surface area contributed by atoms with Crippen LogP contribution in [0, 0.1) is 0 Å². The second kappa shape index (κ2) is 5.20. The molecule has 0 spiro atoms. The summed E-state index contributed by atoms with van der Waals surface area (Å²) in [4.78, 5) is 0. The Morgan fingerprint density at radius 3 is 2.67 bits per heavy atom. The fraction of sp³-hybridized carbons (Fsp3) is 1.00. The van der Waals surface area contributed by atoms with Crippen LogP contribution in [-0.4, -0.2) is 71.9 Å². The lowest BCUT2D eigenvalue weighted by molar-refractivity contribution is -1.17. The van der Waals surface area contributed by atoms with Gasteiger partial charge < -0.3 is 19.7 Å². The van der Waals surface area contributed by atoms with Gasteiger partial charge in [0, 0.05) is 13.7 Å². The summed E-state index contributed by atoms with van der Waals surface area (Å²) in [5.74, 6) is 0. The highest BCUT2D eigenvalue weighted by Crippen LogP contribution is 2.27. The van der Waals surface area contributed by atoms with Gasteiger partial charge in [-0.2, -0.15) is 0 Å². The molecule has 0 radical (unpaired) electrons. The fourth-order valence-electron chi connectivity index (χ4n) is 1.90. The SMILES string of the molecule is CCOCC(O)C[N+]1(O)CC(O)C1OC. The first kappa shape index (κ1) is 12.8. The summed E-state index contributed by atoms with van der Waals surface area (Å²) in [6.45, 7) is 2.83. The minimum Gasteiger partial charge on any atom is -0.385 e. The standard InChI is InChI=1S/C9H20NO5/c1-3-15-6-7(11)4-10(13)5-8(12)9(10)14-2/h7-9,11-13H,3-6H2,1-2H3/q+1. The molecular formula is C9H20NO5+. The molecule has 0 bridgehead atoms. The van der Waals surface area contributed by atoms with E-state index in [-0.39, 0.29) is 19.7 Å². The largest absolute Gasteiger partial charge is 0.385 e. The van der Waals surface area contributed by atoms with Crippen LogP contribution in [0.5, 0.6) is 0 Å². The van der Waals surface area contributed by atoms with Crippen LogP contribution in [0.4, 0.5) is 0 Å². The van der Waals surface area contributed by atoms with Crippen molar-refractivity contribution in [2.75, 3.05) is 33.4 Å². The van der Waals surface area contributed by atoms with Gasteiger partial charge in [0.2, 0.25) is 0 Å². The second-order valence-electron chi connectivity index (χ2n) is 3.86. The van der Waals surface area contributed by atoms with Crippen molar-refractivity contribution in [3.63, 3.8) is 0 Å². The highest BCUT2D eigenvalue weighted by atomic mass is 16.6. The topological polar surface area (TPSA) is 79.2 Å². The molecule has 3 N–H and O–H groups in total. The molecule has 1 heterocycles. The average molecular weight is 222 g/mol. The van der Waals surface area contributed by atoms with E-state index >= 15 is 0 Å². The lowest BCUT2D eigenvalue weighted by atomic mass is 10.1. The molecule has 6 heteroatoms. The summed E-state index contributed by atoms with van der Waals surface area (Å²) in [7, 11) is 1.42. The van der Waals surface area contributed by atoms with Crippen molar-refractivity contribution in [2.24, 2.45) is 0 Å². The average Bonchev–Trinajstić information content (AvgIpc) is 2.14. The van der Waals surface area contributed by atoms with Crippen molar-refractivity contribution in [2.45, 2.75) is 25.4 Å². The Morgan fingerprint density at radius 2 is 2.20 bits per heavy atom. The number of likely N-dealkylation sites (tertiary alicyclic amines) is 1. The highest BCUT2D eigenvalue weighted by Gasteiger charge is 2.55. The van der Waals surface area contributed by atoms with E-state index in [0.717, 1.165) is 0 Å². The van der Waals surface area contributed by atoms with E-state index in [1.54, 1.807) is 0 Å². The van der Waals surface area contributed by atoms with Gasteiger partial charge in [-0.1, -0.05) is 0 Å². The molecule has 0 aromatic rings. The van der Waals surface area contributed by atoms with Crippen LogP contribution >= 0.6 is 0 Å². The molecule has 4 unspecified atom stereocenters. The first-order valence-corrected chi connectivity index (χ1v) is 5.09. The van der Waals surface area contributed by atoms with Crippen LogP contribution < -0.4 is 0 Å². The number of nitrogens with zero attached hydrogens (tertiary/aromatic N) is 1. The van der Waals surface area contributed by atoms with Gasteiger partial charge in [-0.3, -0.25) is 0 Å². The zero-order chi connectivity index (χ0) is 11.5. The molecule has 6 nitrogen and oxygen atoms in total. The molecule has 0 amide bonds. The molecule has 90 valence electrons. The summed E-state index contributed by atoms with van der Waals surface area (Å²) in [6.07, 6.45) is -2.08. The number of quaternary nitrogens is 1. The molecule has 1 saturated heterocycles. The third-order valence-electron chi connectivity index (χ3n) is 2.59. The summed E-state index contributed by atoms with van der Waals surface area (Å²) < 4.78 is 9.52. The number of hydrogen-bond acceptors (Lipinski definition) is 5. The molecule has 0 aromatic heterocycles. The van der Waals surface area contributed by atoms with Crippen molar-refractivity contribution in [1.29, 1.82) is 0 Å². The lowest BCUT2D eigenvalue weighted by Gasteiger charge is -2.47. The van der Waals surface area contributed by atoms with Gasteiger partial charge in [0.1, 0.15) is 19.2 Å². The summed E-state index contributed by atoms with van der Waals surface area (Å²) in [5, 5.41) is 28.8. The summed E-state index contributed by atoms with van der Waals surface area (Å²) in [6, 6.07) is 0. The van der Waals surface area contributed by atoms with E-state index < -0.39 is 23.1 Å². The van der Waals surface area contributed by atoms with Crippen molar-refractivity contribution in [1.82, 2.24) is 0 Å².